The SMILES string of the molecule is COC(=O)C1=C(C)NC(Nc2nc3ccccc3s2)NC1c1ccc(F)cc1. The molecule has 3 N–H and O–H groups in total. The van der Waals surface area contributed by atoms with Crippen molar-refractivity contribution in [3.63, 3.8) is 0 Å². The van der Waals surface area contributed by atoms with Gasteiger partial charge in [-0.15, -0.1) is 0 Å². The number of nitrogens with one attached hydrogen (secondary N) is 3. The van der Waals surface area contributed by atoms with Crippen molar-refractivity contribution in [1.82, 2.24) is 15.6 Å². The maximum atomic E-state index is 13.4. The van der Waals surface area contributed by atoms with Crippen LogP contribution in [0.1, 0.15) is 18.5 Å². The van der Waals surface area contributed by atoms with Gasteiger partial charge in [-0.05, 0) is 36.8 Å². The highest BCUT2D eigenvalue weighted by molar-refractivity contribution is 7.22. The lowest BCUT2D eigenvalue weighted by molar-refractivity contribution is -0.136. The van der Waals surface area contributed by atoms with E-state index in [4.69, 9.17) is 4.74 Å². The Hall–Kier alpha value is -2.97. The number of methoxy groups -OCH3 is 1. The first-order valence-electron chi connectivity index (χ1n) is 8.74. The fourth-order valence-corrected chi connectivity index (χ4v) is 4.13. The Labute approximate surface area is 165 Å². The lowest BCUT2D eigenvalue weighted by atomic mass is 9.95. The Morgan fingerprint density at radius 3 is 2.68 bits per heavy atom. The normalized spacial score (nSPS) is 19.4. The minimum Gasteiger partial charge on any atom is -0.466 e. The highest BCUT2D eigenvalue weighted by atomic mass is 32.1. The zero-order valence-electron chi connectivity index (χ0n) is 15.3. The van der Waals surface area contributed by atoms with E-state index in [1.54, 1.807) is 23.5 Å². The number of thiazole rings is 1. The lowest BCUT2D eigenvalue weighted by Gasteiger charge is -2.35. The molecule has 1 aliphatic heterocycles. The Bertz CT molecular complexity index is 1010. The number of ether oxygens (including phenoxy) is 1. The van der Waals surface area contributed by atoms with Gasteiger partial charge in [0.2, 0.25) is 0 Å². The van der Waals surface area contributed by atoms with Crippen LogP contribution in [-0.4, -0.2) is 24.4 Å². The van der Waals surface area contributed by atoms with Gasteiger partial charge < -0.3 is 15.4 Å². The van der Waals surface area contributed by atoms with Crippen molar-refractivity contribution in [1.29, 1.82) is 0 Å². The Morgan fingerprint density at radius 2 is 1.96 bits per heavy atom. The number of nitrogens with zero attached hydrogens (tertiary/aromatic N) is 1. The van der Waals surface area contributed by atoms with E-state index < -0.39 is 12.0 Å². The number of hydrogen-bond acceptors (Lipinski definition) is 7. The van der Waals surface area contributed by atoms with Crippen LogP contribution in [0.5, 0.6) is 0 Å². The van der Waals surface area contributed by atoms with E-state index in [0.717, 1.165) is 20.9 Å². The monoisotopic (exact) mass is 398 g/mol. The van der Waals surface area contributed by atoms with Crippen molar-refractivity contribution in [2.24, 2.45) is 0 Å². The van der Waals surface area contributed by atoms with Gasteiger partial charge in [-0.3, -0.25) is 5.32 Å². The molecule has 2 atom stereocenters. The topological polar surface area (TPSA) is 75.3 Å². The minimum absolute atomic E-state index is 0.331. The van der Waals surface area contributed by atoms with Gasteiger partial charge in [0.1, 0.15) is 5.82 Å². The van der Waals surface area contributed by atoms with Crippen molar-refractivity contribution in [2.75, 3.05) is 12.4 Å². The average Bonchev–Trinajstić information content (AvgIpc) is 3.10. The van der Waals surface area contributed by atoms with E-state index in [1.165, 1.54) is 19.2 Å². The fraction of sp³-hybridized carbons (Fsp3) is 0.200. The Kier molecular flexibility index (Phi) is 4.97. The third-order valence-electron chi connectivity index (χ3n) is 4.56. The first-order chi connectivity index (χ1) is 13.5. The molecule has 0 saturated carbocycles. The molecule has 3 aromatic rings. The molecule has 2 heterocycles. The summed E-state index contributed by atoms with van der Waals surface area (Å²) >= 11 is 1.54. The maximum absolute atomic E-state index is 13.4. The van der Waals surface area contributed by atoms with Crippen LogP contribution in [-0.2, 0) is 9.53 Å². The number of hydrogen-bond donors (Lipinski definition) is 3. The number of rotatable bonds is 4. The van der Waals surface area contributed by atoms with Gasteiger partial charge in [-0.25, -0.2) is 14.2 Å². The van der Waals surface area contributed by atoms with Crippen molar-refractivity contribution >= 4 is 32.7 Å². The molecule has 0 bridgehead atoms. The molecule has 0 radical (unpaired) electrons. The molecule has 2 aromatic carbocycles. The van der Waals surface area contributed by atoms with E-state index in [2.05, 4.69) is 20.9 Å². The number of aromatic nitrogens is 1. The molecule has 0 saturated heterocycles. The molecule has 0 aliphatic carbocycles. The van der Waals surface area contributed by atoms with Gasteiger partial charge in [0.25, 0.3) is 0 Å². The molecule has 1 aromatic heterocycles. The predicted octanol–water partition coefficient (Wildman–Crippen LogP) is 3.51. The van der Waals surface area contributed by atoms with E-state index >= 15 is 0 Å². The number of carbonyl (C=O) groups excluding carboxylic acids is 1. The van der Waals surface area contributed by atoms with Crippen LogP contribution in [0.3, 0.4) is 0 Å². The fourth-order valence-electron chi connectivity index (χ4n) is 3.24. The summed E-state index contributed by atoms with van der Waals surface area (Å²) in [7, 11) is 1.34. The molecule has 0 fully saturated rings. The second kappa shape index (κ2) is 7.57. The van der Waals surface area contributed by atoms with E-state index in [9.17, 15) is 9.18 Å². The molecule has 2 unspecified atom stereocenters. The predicted molar refractivity (Wildman–Crippen MR) is 107 cm³/mol. The van der Waals surface area contributed by atoms with Crippen molar-refractivity contribution < 1.29 is 13.9 Å². The van der Waals surface area contributed by atoms with Crippen LogP contribution in [0.2, 0.25) is 0 Å². The Balaban J connectivity index is 1.64. The van der Waals surface area contributed by atoms with Gasteiger partial charge >= 0.3 is 5.97 Å². The summed E-state index contributed by atoms with van der Waals surface area (Å²) in [4.78, 5) is 16.9. The number of allylic oxidation sites excluding steroid dienone is 1. The summed E-state index contributed by atoms with van der Waals surface area (Å²) in [6.45, 7) is 1.82. The summed E-state index contributed by atoms with van der Waals surface area (Å²) in [6, 6.07) is 13.5. The van der Waals surface area contributed by atoms with E-state index in [-0.39, 0.29) is 12.1 Å². The van der Waals surface area contributed by atoms with Crippen LogP contribution in [0.4, 0.5) is 9.52 Å². The highest BCUT2D eigenvalue weighted by Crippen LogP contribution is 2.30. The van der Waals surface area contributed by atoms with Gasteiger partial charge in [-0.1, -0.05) is 35.6 Å². The van der Waals surface area contributed by atoms with Gasteiger partial charge in [0.15, 0.2) is 11.4 Å². The molecule has 8 heteroatoms. The molecule has 4 rings (SSSR count). The third kappa shape index (κ3) is 3.56. The first-order valence-corrected chi connectivity index (χ1v) is 9.56. The quantitative estimate of drug-likeness (QED) is 0.584. The van der Waals surface area contributed by atoms with Crippen LogP contribution in [0.15, 0.2) is 59.8 Å². The van der Waals surface area contributed by atoms with Crippen molar-refractivity contribution in [2.45, 2.75) is 19.3 Å². The zero-order chi connectivity index (χ0) is 19.7. The van der Waals surface area contributed by atoms with E-state index in [0.29, 0.717) is 11.3 Å². The first kappa shape index (κ1) is 18.4. The molecular weight excluding hydrogens is 379 g/mol. The van der Waals surface area contributed by atoms with Crippen molar-refractivity contribution in [3.05, 3.63) is 71.2 Å². The zero-order valence-corrected chi connectivity index (χ0v) is 16.1. The molecule has 6 nitrogen and oxygen atoms in total. The smallest absolute Gasteiger partial charge is 0.337 e. The number of fused-ring (bicyclic) bond motifs is 1. The number of esters is 1. The summed E-state index contributed by atoms with van der Waals surface area (Å²) in [5.41, 5.74) is 2.82. The van der Waals surface area contributed by atoms with Crippen LogP contribution < -0.4 is 16.0 Å². The number of carbonyl (C=O) groups is 1. The second-order valence-electron chi connectivity index (χ2n) is 6.39. The summed E-state index contributed by atoms with van der Waals surface area (Å²) in [5, 5.41) is 10.6. The van der Waals surface area contributed by atoms with Gasteiger partial charge in [-0.2, -0.15) is 0 Å². The number of anilines is 1. The Morgan fingerprint density at radius 1 is 1.21 bits per heavy atom. The summed E-state index contributed by atoms with van der Waals surface area (Å²) in [6.07, 6.45) is -0.371. The number of benzene rings is 2. The summed E-state index contributed by atoms with van der Waals surface area (Å²) < 4.78 is 19.4. The van der Waals surface area contributed by atoms with Crippen LogP contribution in [0, 0.1) is 5.82 Å². The third-order valence-corrected chi connectivity index (χ3v) is 5.52. The molecular formula is C20H19FN4O2S. The van der Waals surface area contributed by atoms with E-state index in [1.807, 2.05) is 31.2 Å². The lowest BCUT2D eigenvalue weighted by Crippen LogP contribution is -2.54. The molecule has 28 heavy (non-hydrogen) atoms. The molecule has 144 valence electrons. The molecule has 0 spiro atoms. The van der Waals surface area contributed by atoms with Crippen molar-refractivity contribution in [3.8, 4) is 0 Å². The highest BCUT2D eigenvalue weighted by Gasteiger charge is 2.32. The largest absolute Gasteiger partial charge is 0.466 e. The van der Waals surface area contributed by atoms with Gasteiger partial charge in [0, 0.05) is 5.70 Å². The maximum Gasteiger partial charge on any atom is 0.337 e. The second-order valence-corrected chi connectivity index (χ2v) is 7.42. The minimum atomic E-state index is -0.457. The molecule has 1 aliphatic rings. The summed E-state index contributed by atoms with van der Waals surface area (Å²) in [5.74, 6) is -0.771. The van der Waals surface area contributed by atoms with Gasteiger partial charge in [0.05, 0.1) is 28.9 Å². The standard InChI is InChI=1S/C20H19FN4O2S/c1-11-16(18(26)27-2)17(12-7-9-13(21)10-8-12)24-19(22-11)25-20-23-14-5-3-4-6-15(14)28-20/h3-10,17,19,22,24H,1-2H3,(H,23,25). The average molecular weight is 398 g/mol. The number of halogens is 1. The number of para-hydroxylation sites is 1. The van der Waals surface area contributed by atoms with Crippen LogP contribution in [0.25, 0.3) is 10.2 Å². The molecule has 0 amide bonds. The van der Waals surface area contributed by atoms with Crippen LogP contribution >= 0.6 is 11.3 Å².